The molecule has 1 rings (SSSR count). The van der Waals surface area contributed by atoms with E-state index in [-0.39, 0.29) is 11.8 Å². The molecule has 3 heteroatoms. The predicted molar refractivity (Wildman–Crippen MR) is 61.6 cm³/mol. The molecule has 0 aliphatic heterocycles. The van der Waals surface area contributed by atoms with Gasteiger partial charge in [-0.25, -0.2) is 4.79 Å². The van der Waals surface area contributed by atoms with Crippen LogP contribution in [0.4, 0.5) is 0 Å². The smallest absolute Gasteiger partial charge is 0.338 e. The second-order valence-electron chi connectivity index (χ2n) is 3.47. The van der Waals surface area contributed by atoms with Crippen LogP contribution < -0.4 is 0 Å². The van der Waals surface area contributed by atoms with Crippen molar-refractivity contribution < 1.29 is 14.3 Å². The Morgan fingerprint density at radius 2 is 1.62 bits per heavy atom. The lowest BCUT2D eigenvalue weighted by Gasteiger charge is -2.03. The number of esters is 1. The van der Waals surface area contributed by atoms with Crippen molar-refractivity contribution in [3.8, 4) is 0 Å². The zero-order valence-electron chi connectivity index (χ0n) is 9.66. The SMILES string of the molecule is CCCC(=O)c1ccc(C(=O)OCC)cc1. The number of hydrogen-bond donors (Lipinski definition) is 0. The summed E-state index contributed by atoms with van der Waals surface area (Å²) in [6.45, 7) is 4.08. The highest BCUT2D eigenvalue weighted by atomic mass is 16.5. The summed E-state index contributed by atoms with van der Waals surface area (Å²) in [7, 11) is 0. The van der Waals surface area contributed by atoms with Crippen molar-refractivity contribution in [1.82, 2.24) is 0 Å². The third-order valence-electron chi connectivity index (χ3n) is 2.20. The topological polar surface area (TPSA) is 43.4 Å². The van der Waals surface area contributed by atoms with E-state index < -0.39 is 0 Å². The molecule has 86 valence electrons. The van der Waals surface area contributed by atoms with Crippen LogP contribution in [0.15, 0.2) is 24.3 Å². The number of Topliss-reactive ketones (excluding diaryl/α,β-unsaturated/α-hetero) is 1. The molecule has 0 aliphatic carbocycles. The van der Waals surface area contributed by atoms with Gasteiger partial charge in [0.2, 0.25) is 0 Å². The lowest BCUT2D eigenvalue weighted by molar-refractivity contribution is 0.0526. The zero-order chi connectivity index (χ0) is 12.0. The molecule has 0 aliphatic rings. The second-order valence-corrected chi connectivity index (χ2v) is 3.47. The van der Waals surface area contributed by atoms with Gasteiger partial charge in [0.25, 0.3) is 0 Å². The van der Waals surface area contributed by atoms with Crippen LogP contribution in [0.25, 0.3) is 0 Å². The largest absolute Gasteiger partial charge is 0.462 e. The van der Waals surface area contributed by atoms with Crippen LogP contribution in [0.3, 0.4) is 0 Å². The van der Waals surface area contributed by atoms with E-state index in [4.69, 9.17) is 4.74 Å². The molecule has 1 aromatic rings. The van der Waals surface area contributed by atoms with E-state index in [1.807, 2.05) is 6.92 Å². The summed E-state index contributed by atoms with van der Waals surface area (Å²) in [5.41, 5.74) is 1.13. The van der Waals surface area contributed by atoms with Gasteiger partial charge in [0.1, 0.15) is 0 Å². The van der Waals surface area contributed by atoms with Gasteiger partial charge in [-0.1, -0.05) is 19.1 Å². The van der Waals surface area contributed by atoms with Crippen molar-refractivity contribution >= 4 is 11.8 Å². The number of benzene rings is 1. The average molecular weight is 220 g/mol. The van der Waals surface area contributed by atoms with E-state index in [0.29, 0.717) is 24.2 Å². The van der Waals surface area contributed by atoms with Gasteiger partial charge in [0, 0.05) is 12.0 Å². The summed E-state index contributed by atoms with van der Waals surface area (Å²) in [6.07, 6.45) is 1.37. The lowest BCUT2D eigenvalue weighted by atomic mass is 10.1. The zero-order valence-corrected chi connectivity index (χ0v) is 9.66. The summed E-state index contributed by atoms with van der Waals surface area (Å²) in [5, 5.41) is 0. The van der Waals surface area contributed by atoms with Crippen LogP contribution in [-0.2, 0) is 4.74 Å². The van der Waals surface area contributed by atoms with Crippen molar-refractivity contribution in [1.29, 1.82) is 0 Å². The molecular weight excluding hydrogens is 204 g/mol. The van der Waals surface area contributed by atoms with Gasteiger partial charge >= 0.3 is 5.97 Å². The Labute approximate surface area is 95.4 Å². The summed E-state index contributed by atoms with van der Waals surface area (Å²) in [6, 6.07) is 6.59. The highest BCUT2D eigenvalue weighted by Crippen LogP contribution is 2.09. The first kappa shape index (κ1) is 12.4. The van der Waals surface area contributed by atoms with Gasteiger partial charge in [0.05, 0.1) is 12.2 Å². The Morgan fingerprint density at radius 1 is 1.06 bits per heavy atom. The van der Waals surface area contributed by atoms with Crippen molar-refractivity contribution in [2.45, 2.75) is 26.7 Å². The predicted octanol–water partition coefficient (Wildman–Crippen LogP) is 2.85. The molecule has 0 amide bonds. The third-order valence-corrected chi connectivity index (χ3v) is 2.20. The number of hydrogen-bond acceptors (Lipinski definition) is 3. The molecule has 0 heterocycles. The molecule has 0 saturated heterocycles. The first-order valence-corrected chi connectivity index (χ1v) is 5.49. The van der Waals surface area contributed by atoms with E-state index in [2.05, 4.69) is 0 Å². The number of carbonyl (C=O) groups excluding carboxylic acids is 2. The van der Waals surface area contributed by atoms with E-state index >= 15 is 0 Å². The maximum Gasteiger partial charge on any atom is 0.338 e. The molecule has 0 bridgehead atoms. The van der Waals surface area contributed by atoms with Crippen LogP contribution >= 0.6 is 0 Å². The van der Waals surface area contributed by atoms with Crippen molar-refractivity contribution in [2.24, 2.45) is 0 Å². The summed E-state index contributed by atoms with van der Waals surface area (Å²) < 4.78 is 4.85. The Hall–Kier alpha value is -1.64. The van der Waals surface area contributed by atoms with E-state index in [1.54, 1.807) is 31.2 Å². The fraction of sp³-hybridized carbons (Fsp3) is 0.385. The molecule has 0 spiro atoms. The Kier molecular flexibility index (Phi) is 4.70. The summed E-state index contributed by atoms with van der Waals surface area (Å²) >= 11 is 0. The number of carbonyl (C=O) groups is 2. The lowest BCUT2D eigenvalue weighted by Crippen LogP contribution is -2.05. The summed E-state index contributed by atoms with van der Waals surface area (Å²) in [4.78, 5) is 22.9. The van der Waals surface area contributed by atoms with Crippen LogP contribution in [0.2, 0.25) is 0 Å². The highest BCUT2D eigenvalue weighted by molar-refractivity contribution is 5.97. The Morgan fingerprint density at radius 3 is 2.12 bits per heavy atom. The van der Waals surface area contributed by atoms with Crippen LogP contribution in [0.5, 0.6) is 0 Å². The van der Waals surface area contributed by atoms with Gasteiger partial charge in [-0.05, 0) is 25.5 Å². The maximum absolute atomic E-state index is 11.5. The molecule has 0 atom stereocenters. The van der Waals surface area contributed by atoms with Gasteiger partial charge in [-0.15, -0.1) is 0 Å². The normalized spacial score (nSPS) is 9.88. The fourth-order valence-electron chi connectivity index (χ4n) is 1.38. The Balaban J connectivity index is 2.75. The summed E-state index contributed by atoms with van der Waals surface area (Å²) in [5.74, 6) is -0.241. The molecule has 0 fully saturated rings. The molecular formula is C13H16O3. The molecule has 0 unspecified atom stereocenters. The van der Waals surface area contributed by atoms with Gasteiger partial charge < -0.3 is 4.74 Å². The second kappa shape index (κ2) is 6.05. The first-order valence-electron chi connectivity index (χ1n) is 5.49. The first-order chi connectivity index (χ1) is 7.69. The number of ether oxygens (including phenoxy) is 1. The highest BCUT2D eigenvalue weighted by Gasteiger charge is 2.08. The van der Waals surface area contributed by atoms with Crippen molar-refractivity contribution in [2.75, 3.05) is 6.61 Å². The quantitative estimate of drug-likeness (QED) is 0.566. The van der Waals surface area contributed by atoms with Gasteiger partial charge in [0.15, 0.2) is 5.78 Å². The van der Waals surface area contributed by atoms with Crippen LogP contribution in [0, 0.1) is 0 Å². The molecule has 16 heavy (non-hydrogen) atoms. The molecule has 1 aromatic carbocycles. The van der Waals surface area contributed by atoms with E-state index in [0.717, 1.165) is 6.42 Å². The van der Waals surface area contributed by atoms with Crippen LogP contribution in [0.1, 0.15) is 47.4 Å². The molecule has 0 N–H and O–H groups in total. The van der Waals surface area contributed by atoms with Crippen molar-refractivity contribution in [3.63, 3.8) is 0 Å². The average Bonchev–Trinajstić information content (AvgIpc) is 2.30. The van der Waals surface area contributed by atoms with Gasteiger partial charge in [-0.2, -0.15) is 0 Å². The Bertz CT molecular complexity index is 328. The monoisotopic (exact) mass is 220 g/mol. The molecule has 0 radical (unpaired) electrons. The van der Waals surface area contributed by atoms with Crippen molar-refractivity contribution in [3.05, 3.63) is 35.4 Å². The minimum atomic E-state index is -0.350. The number of rotatable bonds is 5. The van der Waals surface area contributed by atoms with Gasteiger partial charge in [-0.3, -0.25) is 4.79 Å². The van der Waals surface area contributed by atoms with E-state index in [9.17, 15) is 9.59 Å². The standard InChI is InChI=1S/C13H16O3/c1-3-5-12(14)10-6-8-11(9-7-10)13(15)16-4-2/h6-9H,3-5H2,1-2H3. The minimum absolute atomic E-state index is 0.109. The molecule has 0 saturated carbocycles. The fourth-order valence-corrected chi connectivity index (χ4v) is 1.38. The molecule has 0 aromatic heterocycles. The third kappa shape index (κ3) is 3.19. The number of ketones is 1. The molecule has 3 nitrogen and oxygen atoms in total. The maximum atomic E-state index is 11.5. The van der Waals surface area contributed by atoms with Crippen LogP contribution in [-0.4, -0.2) is 18.4 Å². The van der Waals surface area contributed by atoms with E-state index in [1.165, 1.54) is 0 Å². The minimum Gasteiger partial charge on any atom is -0.462 e.